The van der Waals surface area contributed by atoms with E-state index in [1.165, 1.54) is 64.3 Å². The van der Waals surface area contributed by atoms with Crippen LogP contribution in [0.2, 0.25) is 0 Å². The van der Waals surface area contributed by atoms with Crippen LogP contribution in [0.1, 0.15) is 6.42 Å². The molecule has 57 heavy (non-hydrogen) atoms. The highest BCUT2D eigenvalue weighted by molar-refractivity contribution is 8.13. The Morgan fingerprint density at radius 3 is 1.35 bits per heavy atom. The molecule has 10 rings (SSSR count). The lowest BCUT2D eigenvalue weighted by Crippen LogP contribution is -2.33. The molecule has 1 nitrogen and oxygen atoms in total. The Balaban J connectivity index is 0.994. The first-order valence-electron chi connectivity index (χ1n) is 19.8. The molecule has 0 saturated heterocycles. The molecular weight excluding hydrogens is 725 g/mol. The Bertz CT molecular complexity index is 2810. The maximum atomic E-state index is 7.92. The molecule has 0 fully saturated rings. The first kappa shape index (κ1) is 35.6. The zero-order valence-corrected chi connectivity index (χ0v) is 33.5. The van der Waals surface area contributed by atoms with E-state index in [9.17, 15) is 0 Å². The summed E-state index contributed by atoms with van der Waals surface area (Å²) in [4.78, 5) is 0. The van der Waals surface area contributed by atoms with E-state index in [-0.39, 0.29) is 0 Å². The third-order valence-electron chi connectivity index (χ3n) is 11.8. The zero-order chi connectivity index (χ0) is 38.2. The fourth-order valence-corrected chi connectivity index (χ4v) is 16.5. The minimum atomic E-state index is -2.57. The van der Waals surface area contributed by atoms with E-state index in [0.717, 1.165) is 28.9 Å². The Kier molecular flexibility index (Phi) is 9.34. The van der Waals surface area contributed by atoms with Gasteiger partial charge < -0.3 is 4.74 Å². The molecule has 0 saturated carbocycles. The van der Waals surface area contributed by atoms with E-state index in [0.29, 0.717) is 6.61 Å². The van der Waals surface area contributed by atoms with Gasteiger partial charge in [-0.05, 0) is 117 Å². The smallest absolute Gasteiger partial charge is 0.119 e. The monoisotopic (exact) mass is 766 g/mol. The molecule has 0 bridgehead atoms. The van der Waals surface area contributed by atoms with E-state index < -0.39 is 14.4 Å². The second kappa shape index (κ2) is 14.9. The summed E-state index contributed by atoms with van der Waals surface area (Å²) < 4.78 is 6.56. The lowest BCUT2D eigenvalue weighted by Gasteiger charge is -2.38. The van der Waals surface area contributed by atoms with Gasteiger partial charge in [0.2, 0.25) is 0 Å². The van der Waals surface area contributed by atoms with Crippen LogP contribution < -0.4 is 36.6 Å². The van der Waals surface area contributed by atoms with Crippen LogP contribution in [0.5, 0.6) is 5.75 Å². The molecular formula is C53H41BOP2+. The van der Waals surface area contributed by atoms with Gasteiger partial charge in [0.05, 0.1) is 28.7 Å². The molecule has 0 N–H and O–H groups in total. The third kappa shape index (κ3) is 6.03. The summed E-state index contributed by atoms with van der Waals surface area (Å²) in [7, 11) is 3.43. The summed E-state index contributed by atoms with van der Waals surface area (Å²) in [5.41, 5.74) is 0. The summed E-state index contributed by atoms with van der Waals surface area (Å²) in [6, 6.07) is 77.3. The largest absolute Gasteiger partial charge is 0.493 e. The summed E-state index contributed by atoms with van der Waals surface area (Å²) in [5.74, 6) is 0.864. The fraction of sp³-hybridized carbons (Fsp3) is 0.0566. The molecule has 0 spiro atoms. The predicted molar refractivity (Wildman–Crippen MR) is 252 cm³/mol. The summed E-state index contributed by atoms with van der Waals surface area (Å²) >= 11 is 0. The Hall–Kier alpha value is -5.78. The van der Waals surface area contributed by atoms with Crippen molar-refractivity contribution >= 4 is 96.9 Å². The fourth-order valence-electron chi connectivity index (χ4n) is 9.18. The zero-order valence-electron chi connectivity index (χ0n) is 31.7. The van der Waals surface area contributed by atoms with E-state index in [1.54, 1.807) is 0 Å². The summed E-state index contributed by atoms with van der Waals surface area (Å²) in [6.45, 7) is 0.623. The van der Waals surface area contributed by atoms with Crippen molar-refractivity contribution in [3.05, 3.63) is 212 Å². The van der Waals surface area contributed by atoms with Gasteiger partial charge in [-0.25, -0.2) is 0 Å². The third-order valence-corrected chi connectivity index (χ3v) is 19.7. The van der Waals surface area contributed by atoms with Gasteiger partial charge in [-0.3, -0.25) is 7.57 Å². The molecule has 0 heterocycles. The number of rotatable bonds is 11. The lowest BCUT2D eigenvalue weighted by molar-refractivity contribution is 0.318. The van der Waals surface area contributed by atoms with Gasteiger partial charge in [0, 0.05) is 17.2 Å². The van der Waals surface area contributed by atoms with Crippen molar-refractivity contribution in [2.45, 2.75) is 6.42 Å². The molecule has 1 atom stereocenters. The molecule has 1 unspecified atom stereocenters. The standard InChI is InChI=1S/C53H41BOP2/c54-57(44-25-11-4-12-26-44,51-36-35-49-47-28-14-18-39-17-13-27-46(52(39)47)48-29-15-30-50(51)53(48)49)45-33-31-40(32-34-45)55-37-16-38-56(41-19-5-1-6-20-41,42-21-7-2-8-22-42)43-23-9-3-10-24-43/h1-15,17-36H,16,37-38H2/q+1. The highest BCUT2D eigenvalue weighted by Crippen LogP contribution is 2.56. The van der Waals surface area contributed by atoms with Gasteiger partial charge in [-0.15, -0.1) is 7.14 Å². The van der Waals surface area contributed by atoms with Gasteiger partial charge in [-0.1, -0.05) is 127 Å². The highest BCUT2D eigenvalue weighted by atomic mass is 31.2. The predicted octanol–water partition coefficient (Wildman–Crippen LogP) is 10.9. The van der Waals surface area contributed by atoms with Gasteiger partial charge in [0.1, 0.15) is 28.9 Å². The second-order valence-electron chi connectivity index (χ2n) is 14.9. The van der Waals surface area contributed by atoms with Crippen molar-refractivity contribution in [2.24, 2.45) is 0 Å². The van der Waals surface area contributed by atoms with Gasteiger partial charge in [-0.2, -0.15) is 0 Å². The van der Waals surface area contributed by atoms with Gasteiger partial charge >= 0.3 is 0 Å². The van der Waals surface area contributed by atoms with Crippen molar-refractivity contribution in [1.29, 1.82) is 0 Å². The highest BCUT2D eigenvalue weighted by Gasteiger charge is 2.44. The maximum absolute atomic E-state index is 7.92. The minimum Gasteiger partial charge on any atom is -0.493 e. The quantitative estimate of drug-likeness (QED) is 0.0419. The van der Waals surface area contributed by atoms with Crippen LogP contribution in [-0.2, 0) is 0 Å². The van der Waals surface area contributed by atoms with Crippen LogP contribution in [0.15, 0.2) is 212 Å². The van der Waals surface area contributed by atoms with E-state index in [4.69, 9.17) is 12.3 Å². The Morgan fingerprint density at radius 1 is 0.368 bits per heavy atom. The van der Waals surface area contributed by atoms with E-state index in [1.807, 2.05) is 0 Å². The van der Waals surface area contributed by atoms with Gasteiger partial charge in [0.25, 0.3) is 0 Å². The van der Waals surface area contributed by atoms with Crippen molar-refractivity contribution in [1.82, 2.24) is 0 Å². The number of fused-ring (bicyclic) bond motifs is 2. The SMILES string of the molecule is [B-][P+](c1ccccc1)(c1ccc(OCCC[P+](c2ccccc2)(c2ccccc2)c2ccccc2)cc1)c1ccc2c3cccc4cccc(c5cccc1c52)c43. The molecule has 0 aliphatic heterocycles. The van der Waals surface area contributed by atoms with E-state index in [2.05, 4.69) is 212 Å². The van der Waals surface area contributed by atoms with Crippen LogP contribution in [0, 0.1) is 0 Å². The molecule has 0 aliphatic rings. The maximum Gasteiger partial charge on any atom is 0.119 e. The second-order valence-corrected chi connectivity index (χ2v) is 21.4. The van der Waals surface area contributed by atoms with Crippen LogP contribution in [-0.4, -0.2) is 20.3 Å². The van der Waals surface area contributed by atoms with Crippen LogP contribution in [0.3, 0.4) is 0 Å². The first-order valence-corrected chi connectivity index (χ1v) is 23.6. The Labute approximate surface area is 337 Å². The summed E-state index contributed by atoms with van der Waals surface area (Å²) in [6.07, 6.45) is 1.93. The molecule has 0 aromatic heterocycles. The molecule has 10 aromatic rings. The van der Waals surface area contributed by atoms with Crippen LogP contribution >= 0.6 is 14.4 Å². The molecule has 0 amide bonds. The number of hydrogen-bond acceptors (Lipinski definition) is 1. The number of hydrogen-bond donors (Lipinski definition) is 0. The average molecular weight is 767 g/mol. The van der Waals surface area contributed by atoms with Crippen LogP contribution in [0.25, 0.3) is 43.1 Å². The lowest BCUT2D eigenvalue weighted by atomic mass is 9.90. The number of ether oxygens (including phenoxy) is 1. The molecule has 3 radical (unpaired) electrons. The van der Waals surface area contributed by atoms with Gasteiger partial charge in [0.15, 0.2) is 0 Å². The minimum absolute atomic E-state index is 0.623. The number of benzene rings is 10. The average Bonchev–Trinajstić information content (AvgIpc) is 3.29. The summed E-state index contributed by atoms with van der Waals surface area (Å²) in [5, 5.41) is 17.9. The molecule has 4 heteroatoms. The molecule has 0 aliphatic carbocycles. The van der Waals surface area contributed by atoms with E-state index >= 15 is 0 Å². The Morgan fingerprint density at radius 2 is 0.807 bits per heavy atom. The van der Waals surface area contributed by atoms with Crippen molar-refractivity contribution in [3.8, 4) is 5.75 Å². The topological polar surface area (TPSA) is 9.23 Å². The van der Waals surface area contributed by atoms with Crippen molar-refractivity contribution < 1.29 is 4.74 Å². The molecule has 10 aromatic carbocycles. The van der Waals surface area contributed by atoms with Crippen LogP contribution in [0.4, 0.5) is 0 Å². The normalized spacial score (nSPS) is 13.0. The van der Waals surface area contributed by atoms with Crippen molar-refractivity contribution in [3.63, 3.8) is 0 Å². The molecule has 271 valence electrons. The van der Waals surface area contributed by atoms with Crippen molar-refractivity contribution in [2.75, 3.05) is 12.8 Å². The first-order chi connectivity index (χ1) is 28.2.